The van der Waals surface area contributed by atoms with Crippen LogP contribution in [0.2, 0.25) is 0 Å². The fourth-order valence-corrected chi connectivity index (χ4v) is 3.09. The van der Waals surface area contributed by atoms with Crippen molar-refractivity contribution >= 4 is 11.6 Å². The third-order valence-corrected chi connectivity index (χ3v) is 4.27. The van der Waals surface area contributed by atoms with Gasteiger partial charge in [-0.3, -0.25) is 4.79 Å². The quantitative estimate of drug-likeness (QED) is 0.815. The zero-order valence-corrected chi connectivity index (χ0v) is 15.2. The van der Waals surface area contributed by atoms with E-state index in [-0.39, 0.29) is 5.91 Å². The number of aryl methyl sites for hydroxylation is 3. The highest BCUT2D eigenvalue weighted by Crippen LogP contribution is 2.21. The molecule has 0 aliphatic heterocycles. The molecule has 0 aliphatic carbocycles. The Balaban J connectivity index is 1.90. The zero-order valence-electron chi connectivity index (χ0n) is 15.2. The number of rotatable bonds is 7. The lowest BCUT2D eigenvalue weighted by Gasteiger charge is -2.21. The van der Waals surface area contributed by atoms with Crippen molar-refractivity contribution in [1.29, 1.82) is 0 Å². The topological polar surface area (TPSA) is 32.3 Å². The van der Waals surface area contributed by atoms with Crippen molar-refractivity contribution in [2.75, 3.05) is 18.4 Å². The summed E-state index contributed by atoms with van der Waals surface area (Å²) in [7, 11) is 0. The van der Waals surface area contributed by atoms with Gasteiger partial charge in [-0.2, -0.15) is 0 Å². The van der Waals surface area contributed by atoms with Crippen LogP contribution in [0.3, 0.4) is 0 Å². The highest BCUT2D eigenvalue weighted by Gasteiger charge is 2.12. The average Bonchev–Trinajstić information content (AvgIpc) is 2.55. The van der Waals surface area contributed by atoms with Crippen LogP contribution in [0.5, 0.6) is 0 Å². The van der Waals surface area contributed by atoms with Crippen LogP contribution < -0.4 is 5.32 Å². The molecule has 0 spiro atoms. The van der Waals surface area contributed by atoms with E-state index in [1.807, 2.05) is 30.0 Å². The molecule has 3 nitrogen and oxygen atoms in total. The number of nitrogens with one attached hydrogen (secondary N) is 1. The van der Waals surface area contributed by atoms with E-state index in [1.165, 1.54) is 22.3 Å². The van der Waals surface area contributed by atoms with Crippen LogP contribution >= 0.6 is 0 Å². The SMILES string of the molecule is CCN(Cc1ccccc1)C(=O)CCNc1c(C)cc(C)cc1C. The summed E-state index contributed by atoms with van der Waals surface area (Å²) in [5.41, 5.74) is 6.06. The van der Waals surface area contributed by atoms with Crippen LogP contribution in [-0.4, -0.2) is 23.9 Å². The van der Waals surface area contributed by atoms with E-state index in [1.54, 1.807) is 0 Å². The summed E-state index contributed by atoms with van der Waals surface area (Å²) < 4.78 is 0. The van der Waals surface area contributed by atoms with Crippen molar-refractivity contribution in [2.45, 2.75) is 40.7 Å². The Morgan fingerprint density at radius 2 is 1.67 bits per heavy atom. The lowest BCUT2D eigenvalue weighted by molar-refractivity contribution is -0.131. The van der Waals surface area contributed by atoms with Gasteiger partial charge in [0.2, 0.25) is 5.91 Å². The molecule has 0 saturated carbocycles. The number of benzene rings is 2. The van der Waals surface area contributed by atoms with Gasteiger partial charge in [0.15, 0.2) is 0 Å². The predicted molar refractivity (Wildman–Crippen MR) is 101 cm³/mol. The smallest absolute Gasteiger partial charge is 0.224 e. The maximum absolute atomic E-state index is 12.5. The Morgan fingerprint density at radius 1 is 1.04 bits per heavy atom. The van der Waals surface area contributed by atoms with Crippen LogP contribution in [0.25, 0.3) is 0 Å². The summed E-state index contributed by atoms with van der Waals surface area (Å²) in [6.45, 7) is 10.4. The Morgan fingerprint density at radius 3 is 2.25 bits per heavy atom. The van der Waals surface area contributed by atoms with Gasteiger partial charge in [0.05, 0.1) is 0 Å². The van der Waals surface area contributed by atoms with Gasteiger partial charge in [0.1, 0.15) is 0 Å². The molecule has 2 rings (SSSR count). The molecular weight excluding hydrogens is 296 g/mol. The lowest BCUT2D eigenvalue weighted by atomic mass is 10.1. The second-order valence-corrected chi connectivity index (χ2v) is 6.34. The monoisotopic (exact) mass is 324 g/mol. The van der Waals surface area contributed by atoms with Crippen molar-refractivity contribution in [3.8, 4) is 0 Å². The summed E-state index contributed by atoms with van der Waals surface area (Å²) in [5.74, 6) is 0.191. The first kappa shape index (κ1) is 18.1. The molecule has 0 heterocycles. The minimum atomic E-state index is 0.191. The molecule has 0 saturated heterocycles. The summed E-state index contributed by atoms with van der Waals surface area (Å²) in [6, 6.07) is 14.5. The van der Waals surface area contributed by atoms with Crippen molar-refractivity contribution < 1.29 is 4.79 Å². The molecule has 24 heavy (non-hydrogen) atoms. The van der Waals surface area contributed by atoms with E-state index in [0.717, 1.165) is 12.2 Å². The third kappa shape index (κ3) is 4.85. The fraction of sp³-hybridized carbons (Fsp3) is 0.381. The number of nitrogens with zero attached hydrogens (tertiary/aromatic N) is 1. The van der Waals surface area contributed by atoms with Crippen molar-refractivity contribution in [1.82, 2.24) is 4.90 Å². The van der Waals surface area contributed by atoms with E-state index in [4.69, 9.17) is 0 Å². The molecule has 2 aromatic rings. The zero-order chi connectivity index (χ0) is 17.5. The molecule has 3 heteroatoms. The number of anilines is 1. The first-order chi connectivity index (χ1) is 11.5. The number of carbonyl (C=O) groups excluding carboxylic acids is 1. The van der Waals surface area contributed by atoms with Crippen molar-refractivity contribution in [3.63, 3.8) is 0 Å². The first-order valence-electron chi connectivity index (χ1n) is 8.64. The van der Waals surface area contributed by atoms with Gasteiger partial charge in [-0.15, -0.1) is 0 Å². The Labute approximate surface area is 145 Å². The highest BCUT2D eigenvalue weighted by molar-refractivity contribution is 5.77. The number of hydrogen-bond donors (Lipinski definition) is 1. The molecule has 0 radical (unpaired) electrons. The van der Waals surface area contributed by atoms with Gasteiger partial charge in [-0.05, 0) is 44.4 Å². The average molecular weight is 324 g/mol. The van der Waals surface area contributed by atoms with E-state index in [9.17, 15) is 4.79 Å². The summed E-state index contributed by atoms with van der Waals surface area (Å²) >= 11 is 0. The normalized spacial score (nSPS) is 10.5. The second kappa shape index (κ2) is 8.53. The van der Waals surface area contributed by atoms with Crippen LogP contribution in [-0.2, 0) is 11.3 Å². The van der Waals surface area contributed by atoms with E-state index in [0.29, 0.717) is 19.5 Å². The minimum Gasteiger partial charge on any atom is -0.384 e. The van der Waals surface area contributed by atoms with Gasteiger partial charge in [0.25, 0.3) is 0 Å². The van der Waals surface area contributed by atoms with Gasteiger partial charge < -0.3 is 10.2 Å². The maximum atomic E-state index is 12.5. The standard InChI is InChI=1S/C21H28N2O/c1-5-23(15-19-9-7-6-8-10-19)20(24)11-12-22-21-17(3)13-16(2)14-18(21)4/h6-10,13-14,22H,5,11-12,15H2,1-4H3. The van der Waals surface area contributed by atoms with E-state index in [2.05, 4.69) is 50.4 Å². The summed E-state index contributed by atoms with van der Waals surface area (Å²) in [6.07, 6.45) is 0.507. The predicted octanol–water partition coefficient (Wildman–Crippen LogP) is 4.46. The molecule has 0 aromatic heterocycles. The molecule has 128 valence electrons. The summed E-state index contributed by atoms with van der Waals surface area (Å²) in [5, 5.41) is 3.43. The highest BCUT2D eigenvalue weighted by atomic mass is 16.2. The Bertz CT molecular complexity index is 656. The number of amides is 1. The third-order valence-electron chi connectivity index (χ3n) is 4.27. The molecule has 1 amide bonds. The van der Waals surface area contributed by atoms with Gasteiger partial charge in [-0.25, -0.2) is 0 Å². The molecular formula is C21H28N2O. The van der Waals surface area contributed by atoms with E-state index >= 15 is 0 Å². The second-order valence-electron chi connectivity index (χ2n) is 6.34. The van der Waals surface area contributed by atoms with Crippen molar-refractivity contribution in [2.24, 2.45) is 0 Å². The minimum absolute atomic E-state index is 0.191. The Hall–Kier alpha value is -2.29. The van der Waals surface area contributed by atoms with Gasteiger partial charge in [0, 0.05) is 31.7 Å². The molecule has 0 atom stereocenters. The van der Waals surface area contributed by atoms with Gasteiger partial charge in [-0.1, -0.05) is 48.0 Å². The van der Waals surface area contributed by atoms with Crippen LogP contribution in [0, 0.1) is 20.8 Å². The van der Waals surface area contributed by atoms with Gasteiger partial charge >= 0.3 is 0 Å². The van der Waals surface area contributed by atoms with E-state index < -0.39 is 0 Å². The number of carbonyl (C=O) groups is 1. The molecule has 0 fully saturated rings. The molecule has 0 aliphatic rings. The molecule has 1 N–H and O–H groups in total. The summed E-state index contributed by atoms with van der Waals surface area (Å²) in [4.78, 5) is 14.4. The first-order valence-corrected chi connectivity index (χ1v) is 8.64. The number of hydrogen-bond acceptors (Lipinski definition) is 2. The molecule has 0 unspecified atom stereocenters. The molecule has 2 aromatic carbocycles. The largest absolute Gasteiger partial charge is 0.384 e. The molecule has 0 bridgehead atoms. The van der Waals surface area contributed by atoms with Crippen LogP contribution in [0.1, 0.15) is 35.6 Å². The maximum Gasteiger partial charge on any atom is 0.224 e. The van der Waals surface area contributed by atoms with Crippen LogP contribution in [0.15, 0.2) is 42.5 Å². The van der Waals surface area contributed by atoms with Crippen molar-refractivity contribution in [3.05, 3.63) is 64.7 Å². The lowest BCUT2D eigenvalue weighted by Crippen LogP contribution is -2.31. The Kier molecular flexibility index (Phi) is 6.42. The van der Waals surface area contributed by atoms with Crippen LogP contribution in [0.4, 0.5) is 5.69 Å². The fourth-order valence-electron chi connectivity index (χ4n) is 3.09.